The highest BCUT2D eigenvalue weighted by Gasteiger charge is 2.24. The fourth-order valence-corrected chi connectivity index (χ4v) is 4.16. The number of ether oxygens (including phenoxy) is 1. The number of nitrogens with one attached hydrogen (secondary N) is 1. The summed E-state index contributed by atoms with van der Waals surface area (Å²) in [6.07, 6.45) is 0.472. The van der Waals surface area contributed by atoms with Crippen molar-refractivity contribution in [3.63, 3.8) is 0 Å². The lowest BCUT2D eigenvalue weighted by atomic mass is 10.3. The van der Waals surface area contributed by atoms with Gasteiger partial charge in [-0.2, -0.15) is 0 Å². The van der Waals surface area contributed by atoms with Crippen molar-refractivity contribution in [1.82, 2.24) is 4.72 Å². The molecule has 1 aromatic rings. The van der Waals surface area contributed by atoms with Crippen molar-refractivity contribution in [1.29, 1.82) is 0 Å². The summed E-state index contributed by atoms with van der Waals surface area (Å²) in [4.78, 5) is -0.0683. The number of aliphatic hydroxyl groups is 1. The molecule has 0 saturated heterocycles. The molecule has 0 fully saturated rings. The number of sulfonamides is 1. The Morgan fingerprint density at radius 1 is 1.53 bits per heavy atom. The number of benzene rings is 1. The third-order valence-electron chi connectivity index (χ3n) is 2.50. The monoisotopic (exact) mass is 371 g/mol. The van der Waals surface area contributed by atoms with Gasteiger partial charge in [-0.3, -0.25) is 0 Å². The van der Waals surface area contributed by atoms with Gasteiger partial charge in [-0.15, -0.1) is 0 Å². The molecular formula is C11H15BrClNO4S. The Hall–Kier alpha value is -0.340. The second-order valence-electron chi connectivity index (χ2n) is 3.83. The molecule has 108 valence electrons. The van der Waals surface area contributed by atoms with E-state index in [-0.39, 0.29) is 22.3 Å². The van der Waals surface area contributed by atoms with Gasteiger partial charge < -0.3 is 9.84 Å². The van der Waals surface area contributed by atoms with Crippen LogP contribution in [0.5, 0.6) is 5.75 Å². The summed E-state index contributed by atoms with van der Waals surface area (Å²) in [5, 5.41) is 9.35. The summed E-state index contributed by atoms with van der Waals surface area (Å²) in [5.74, 6) is 0.171. The van der Waals surface area contributed by atoms with Crippen LogP contribution in [0.4, 0.5) is 0 Å². The molecule has 2 N–H and O–H groups in total. The first kappa shape index (κ1) is 16.7. The fourth-order valence-electron chi connectivity index (χ4n) is 1.47. The molecule has 1 atom stereocenters. The van der Waals surface area contributed by atoms with E-state index in [0.29, 0.717) is 10.9 Å². The molecule has 0 heterocycles. The predicted molar refractivity (Wildman–Crippen MR) is 77.2 cm³/mol. The number of rotatable bonds is 6. The van der Waals surface area contributed by atoms with Crippen molar-refractivity contribution >= 4 is 37.6 Å². The van der Waals surface area contributed by atoms with Gasteiger partial charge in [0.25, 0.3) is 0 Å². The predicted octanol–water partition coefficient (Wildman–Crippen LogP) is 2.16. The van der Waals surface area contributed by atoms with Crippen LogP contribution in [0, 0.1) is 0 Å². The van der Waals surface area contributed by atoms with E-state index < -0.39 is 16.1 Å². The molecule has 5 nitrogen and oxygen atoms in total. The minimum Gasteiger partial charge on any atom is -0.494 e. The zero-order valence-corrected chi connectivity index (χ0v) is 13.6. The Morgan fingerprint density at radius 3 is 2.63 bits per heavy atom. The largest absolute Gasteiger partial charge is 0.494 e. The molecular weight excluding hydrogens is 358 g/mol. The van der Waals surface area contributed by atoms with Crippen LogP contribution in [0.3, 0.4) is 0 Å². The van der Waals surface area contributed by atoms with Crippen molar-refractivity contribution in [2.24, 2.45) is 0 Å². The minimum absolute atomic E-state index is 0.0683. The van der Waals surface area contributed by atoms with Crippen molar-refractivity contribution in [3.8, 4) is 5.75 Å². The van der Waals surface area contributed by atoms with Gasteiger partial charge in [0.05, 0.1) is 18.2 Å². The van der Waals surface area contributed by atoms with Gasteiger partial charge in [0.15, 0.2) is 5.75 Å². The first-order valence-electron chi connectivity index (χ1n) is 5.52. The summed E-state index contributed by atoms with van der Waals surface area (Å²) in [6.45, 7) is 1.49. The van der Waals surface area contributed by atoms with E-state index in [9.17, 15) is 8.42 Å². The van der Waals surface area contributed by atoms with Crippen LogP contribution >= 0.6 is 27.5 Å². The second kappa shape index (κ2) is 6.90. The SMILES string of the molecule is CC[C@@H](CO)NS(=O)(=O)c1cc(Cl)cc(Br)c1OC. The average molecular weight is 373 g/mol. The Bertz CT molecular complexity index is 546. The normalized spacial score (nSPS) is 13.3. The fraction of sp³-hybridized carbons (Fsp3) is 0.455. The lowest BCUT2D eigenvalue weighted by Crippen LogP contribution is -2.37. The molecule has 0 amide bonds. The van der Waals surface area contributed by atoms with Crippen molar-refractivity contribution < 1.29 is 18.3 Å². The topological polar surface area (TPSA) is 75.6 Å². The van der Waals surface area contributed by atoms with Gasteiger partial charge in [-0.25, -0.2) is 13.1 Å². The van der Waals surface area contributed by atoms with Gasteiger partial charge in [-0.05, 0) is 34.5 Å². The molecule has 0 radical (unpaired) electrons. The molecule has 0 aliphatic carbocycles. The molecule has 0 aliphatic rings. The molecule has 1 aromatic carbocycles. The maximum Gasteiger partial charge on any atom is 0.244 e. The zero-order valence-electron chi connectivity index (χ0n) is 10.5. The van der Waals surface area contributed by atoms with E-state index in [1.54, 1.807) is 13.0 Å². The number of hydrogen-bond donors (Lipinski definition) is 2. The maximum absolute atomic E-state index is 12.3. The number of hydrogen-bond acceptors (Lipinski definition) is 4. The number of methoxy groups -OCH3 is 1. The molecule has 19 heavy (non-hydrogen) atoms. The van der Waals surface area contributed by atoms with E-state index in [1.807, 2.05) is 0 Å². The molecule has 0 aromatic heterocycles. The van der Waals surface area contributed by atoms with Crippen LogP contribution in [0.25, 0.3) is 0 Å². The van der Waals surface area contributed by atoms with Crippen LogP contribution < -0.4 is 9.46 Å². The van der Waals surface area contributed by atoms with Gasteiger partial charge in [0.2, 0.25) is 10.0 Å². The Morgan fingerprint density at radius 2 is 2.16 bits per heavy atom. The highest BCUT2D eigenvalue weighted by molar-refractivity contribution is 9.10. The summed E-state index contributed by atoms with van der Waals surface area (Å²) < 4.78 is 32.5. The average Bonchev–Trinajstić information content (AvgIpc) is 2.35. The lowest BCUT2D eigenvalue weighted by Gasteiger charge is -2.17. The van der Waals surface area contributed by atoms with Crippen molar-refractivity contribution in [2.75, 3.05) is 13.7 Å². The molecule has 1 rings (SSSR count). The van der Waals surface area contributed by atoms with Gasteiger partial charge in [0.1, 0.15) is 4.90 Å². The van der Waals surface area contributed by atoms with Crippen LogP contribution in [-0.2, 0) is 10.0 Å². The van der Waals surface area contributed by atoms with E-state index in [0.717, 1.165) is 0 Å². The van der Waals surface area contributed by atoms with E-state index in [2.05, 4.69) is 20.7 Å². The van der Waals surface area contributed by atoms with E-state index in [4.69, 9.17) is 21.4 Å². The standard InChI is InChI=1S/C11H15BrClNO4S/c1-3-8(6-15)14-19(16,17)10-5-7(13)4-9(12)11(10)18-2/h4-5,8,14-15H,3,6H2,1-2H3/t8-/m0/s1. The van der Waals surface area contributed by atoms with E-state index >= 15 is 0 Å². The van der Waals surface area contributed by atoms with Crippen LogP contribution in [0.2, 0.25) is 5.02 Å². The Balaban J connectivity index is 3.28. The van der Waals surface area contributed by atoms with Crippen LogP contribution in [0.1, 0.15) is 13.3 Å². The van der Waals surface area contributed by atoms with E-state index in [1.165, 1.54) is 13.2 Å². The number of aliphatic hydroxyl groups excluding tert-OH is 1. The molecule has 0 saturated carbocycles. The summed E-state index contributed by atoms with van der Waals surface area (Å²) in [5.41, 5.74) is 0. The molecule has 0 aliphatic heterocycles. The summed E-state index contributed by atoms with van der Waals surface area (Å²) in [7, 11) is -2.45. The quantitative estimate of drug-likeness (QED) is 0.802. The van der Waals surface area contributed by atoms with Crippen molar-refractivity contribution in [2.45, 2.75) is 24.3 Å². The molecule has 8 heteroatoms. The molecule has 0 spiro atoms. The zero-order chi connectivity index (χ0) is 14.6. The minimum atomic E-state index is -3.82. The smallest absolute Gasteiger partial charge is 0.244 e. The summed E-state index contributed by atoms with van der Waals surface area (Å²) >= 11 is 9.06. The van der Waals surface area contributed by atoms with Gasteiger partial charge >= 0.3 is 0 Å². The third kappa shape index (κ3) is 4.06. The highest BCUT2D eigenvalue weighted by atomic mass is 79.9. The Labute approximate surface area is 126 Å². The van der Waals surface area contributed by atoms with Crippen molar-refractivity contribution in [3.05, 3.63) is 21.6 Å². The Kier molecular flexibility index (Phi) is 6.07. The second-order valence-corrected chi connectivity index (χ2v) is 6.80. The first-order chi connectivity index (χ1) is 8.85. The molecule has 0 bridgehead atoms. The maximum atomic E-state index is 12.3. The molecule has 0 unspecified atom stereocenters. The first-order valence-corrected chi connectivity index (χ1v) is 8.17. The lowest BCUT2D eigenvalue weighted by molar-refractivity contribution is 0.253. The summed E-state index contributed by atoms with van der Waals surface area (Å²) in [6, 6.07) is 2.30. The van der Waals surface area contributed by atoms with Crippen LogP contribution in [-0.4, -0.2) is 33.3 Å². The van der Waals surface area contributed by atoms with Crippen LogP contribution in [0.15, 0.2) is 21.5 Å². The number of halogens is 2. The van der Waals surface area contributed by atoms with Gasteiger partial charge in [0, 0.05) is 11.1 Å². The van der Waals surface area contributed by atoms with Gasteiger partial charge in [-0.1, -0.05) is 18.5 Å². The highest BCUT2D eigenvalue weighted by Crippen LogP contribution is 2.35. The third-order valence-corrected chi connectivity index (χ3v) is 4.84.